The van der Waals surface area contributed by atoms with Crippen molar-refractivity contribution in [1.29, 1.82) is 0 Å². The molecule has 0 saturated carbocycles. The van der Waals surface area contributed by atoms with E-state index in [0.29, 0.717) is 13.2 Å². The molecule has 3 heterocycles. The second-order valence-electron chi connectivity index (χ2n) is 7.97. The predicted octanol–water partition coefficient (Wildman–Crippen LogP) is 4.03. The number of rotatable bonds is 7. The number of amides is 1. The summed E-state index contributed by atoms with van der Waals surface area (Å²) in [7, 11) is 0. The zero-order valence-corrected chi connectivity index (χ0v) is 17.9. The highest BCUT2D eigenvalue weighted by Crippen LogP contribution is 2.53. The number of carbonyl (C=O) groups excluding carboxylic acids is 2. The summed E-state index contributed by atoms with van der Waals surface area (Å²) in [6, 6.07) is 7.90. The molecule has 0 radical (unpaired) electrons. The predicted molar refractivity (Wildman–Crippen MR) is 108 cm³/mol. The highest BCUT2D eigenvalue weighted by molar-refractivity contribution is 9.10. The maximum Gasteiger partial charge on any atom is 0.312 e. The molecular formula is C22H26BrNO4. The van der Waals surface area contributed by atoms with Crippen LogP contribution in [0, 0.1) is 11.8 Å². The van der Waals surface area contributed by atoms with Crippen LogP contribution in [0.1, 0.15) is 44.7 Å². The number of halogens is 1. The minimum atomic E-state index is -0.696. The van der Waals surface area contributed by atoms with Crippen molar-refractivity contribution in [2.75, 3.05) is 13.2 Å². The molecule has 28 heavy (non-hydrogen) atoms. The highest BCUT2D eigenvalue weighted by Gasteiger charge is 2.67. The Labute approximate surface area is 174 Å². The van der Waals surface area contributed by atoms with Crippen molar-refractivity contribution in [2.45, 2.75) is 50.9 Å². The molecule has 1 spiro atoms. The first-order valence-corrected chi connectivity index (χ1v) is 10.9. The molecule has 2 saturated heterocycles. The second-order valence-corrected chi connectivity index (χ2v) is 8.88. The Hall–Kier alpha value is -1.66. The number of hydrogen-bond donors (Lipinski definition) is 0. The van der Waals surface area contributed by atoms with E-state index < -0.39 is 17.4 Å². The SMILES string of the molecule is CCCCCOC(=O)[C@H]1[C@H]2C(=O)N([C@H](C)c3ccc(Br)cc3)C[C@@]23C=C[C@H]1O3. The summed E-state index contributed by atoms with van der Waals surface area (Å²) in [6.45, 7) is 5.01. The lowest BCUT2D eigenvalue weighted by atomic mass is 9.77. The fourth-order valence-corrected chi connectivity index (χ4v) is 4.93. The van der Waals surface area contributed by atoms with Crippen LogP contribution in [0.4, 0.5) is 0 Å². The van der Waals surface area contributed by atoms with Gasteiger partial charge in [-0.05, 0) is 31.0 Å². The van der Waals surface area contributed by atoms with Gasteiger partial charge in [0.2, 0.25) is 5.91 Å². The first kappa shape index (κ1) is 19.6. The van der Waals surface area contributed by atoms with Gasteiger partial charge in [0.05, 0.1) is 31.2 Å². The molecule has 1 amide bonds. The highest BCUT2D eigenvalue weighted by atomic mass is 79.9. The smallest absolute Gasteiger partial charge is 0.312 e. The van der Waals surface area contributed by atoms with Gasteiger partial charge in [0.25, 0.3) is 0 Å². The number of unbranched alkanes of at least 4 members (excludes halogenated alkanes) is 2. The van der Waals surface area contributed by atoms with Crippen LogP contribution in [0.15, 0.2) is 40.9 Å². The molecule has 0 unspecified atom stereocenters. The van der Waals surface area contributed by atoms with Crippen LogP contribution in [-0.2, 0) is 19.1 Å². The third kappa shape index (κ3) is 3.20. The van der Waals surface area contributed by atoms with E-state index in [2.05, 4.69) is 22.9 Å². The average molecular weight is 448 g/mol. The van der Waals surface area contributed by atoms with Crippen molar-refractivity contribution in [3.63, 3.8) is 0 Å². The Morgan fingerprint density at radius 3 is 2.82 bits per heavy atom. The lowest BCUT2D eigenvalue weighted by Crippen LogP contribution is -2.40. The number of likely N-dealkylation sites (tertiary alicyclic amines) is 1. The maximum absolute atomic E-state index is 13.3. The van der Waals surface area contributed by atoms with Crippen LogP contribution in [0.25, 0.3) is 0 Å². The van der Waals surface area contributed by atoms with Crippen LogP contribution >= 0.6 is 15.9 Å². The fraction of sp³-hybridized carbons (Fsp3) is 0.545. The van der Waals surface area contributed by atoms with Gasteiger partial charge >= 0.3 is 5.97 Å². The minimum Gasteiger partial charge on any atom is -0.465 e. The molecule has 5 atom stereocenters. The van der Waals surface area contributed by atoms with E-state index >= 15 is 0 Å². The normalized spacial score (nSPS) is 31.3. The molecule has 150 valence electrons. The zero-order valence-electron chi connectivity index (χ0n) is 16.3. The Morgan fingerprint density at radius 2 is 2.11 bits per heavy atom. The van der Waals surface area contributed by atoms with Crippen molar-refractivity contribution < 1.29 is 19.1 Å². The number of fused-ring (bicyclic) bond motifs is 1. The van der Waals surface area contributed by atoms with Gasteiger partial charge in [0, 0.05) is 4.47 Å². The fourth-order valence-electron chi connectivity index (χ4n) is 4.67. The van der Waals surface area contributed by atoms with Gasteiger partial charge in [0.1, 0.15) is 11.5 Å². The van der Waals surface area contributed by atoms with Gasteiger partial charge in [-0.2, -0.15) is 0 Å². The number of esters is 1. The molecule has 3 aliphatic heterocycles. The van der Waals surface area contributed by atoms with Gasteiger partial charge in [-0.25, -0.2) is 0 Å². The van der Waals surface area contributed by atoms with Crippen LogP contribution in [0.2, 0.25) is 0 Å². The molecule has 1 aromatic rings. The van der Waals surface area contributed by atoms with Crippen LogP contribution in [0.5, 0.6) is 0 Å². The topological polar surface area (TPSA) is 55.8 Å². The minimum absolute atomic E-state index is 0.0159. The van der Waals surface area contributed by atoms with E-state index in [1.54, 1.807) is 0 Å². The van der Waals surface area contributed by atoms with Gasteiger partial charge in [-0.15, -0.1) is 0 Å². The monoisotopic (exact) mass is 447 g/mol. The second kappa shape index (κ2) is 7.64. The summed E-state index contributed by atoms with van der Waals surface area (Å²) in [4.78, 5) is 27.9. The van der Waals surface area contributed by atoms with Crippen LogP contribution in [-0.4, -0.2) is 41.6 Å². The molecule has 0 aliphatic carbocycles. The van der Waals surface area contributed by atoms with Crippen molar-refractivity contribution in [1.82, 2.24) is 4.90 Å². The summed E-state index contributed by atoms with van der Waals surface area (Å²) in [6.07, 6.45) is 6.51. The Balaban J connectivity index is 1.51. The molecule has 6 heteroatoms. The summed E-state index contributed by atoms with van der Waals surface area (Å²) in [5.41, 5.74) is 0.364. The number of carbonyl (C=O) groups is 2. The van der Waals surface area contributed by atoms with E-state index in [1.165, 1.54) is 0 Å². The molecule has 0 aromatic heterocycles. The van der Waals surface area contributed by atoms with Crippen LogP contribution < -0.4 is 0 Å². The zero-order chi connectivity index (χ0) is 19.9. The third-order valence-electron chi connectivity index (χ3n) is 6.21. The lowest BCUT2D eigenvalue weighted by Gasteiger charge is -2.27. The van der Waals surface area contributed by atoms with E-state index in [9.17, 15) is 9.59 Å². The van der Waals surface area contributed by atoms with Gasteiger partial charge in [-0.1, -0.05) is 60.0 Å². The van der Waals surface area contributed by atoms with Gasteiger partial charge < -0.3 is 14.4 Å². The van der Waals surface area contributed by atoms with E-state index in [4.69, 9.17) is 9.47 Å². The first-order chi connectivity index (χ1) is 13.5. The van der Waals surface area contributed by atoms with Crippen molar-refractivity contribution in [3.8, 4) is 0 Å². The number of hydrogen-bond acceptors (Lipinski definition) is 4. The molecular weight excluding hydrogens is 422 g/mol. The summed E-state index contributed by atoms with van der Waals surface area (Å²) >= 11 is 3.45. The molecule has 2 fully saturated rings. The molecule has 1 aromatic carbocycles. The number of benzene rings is 1. The van der Waals surface area contributed by atoms with Crippen molar-refractivity contribution in [3.05, 3.63) is 46.5 Å². The standard InChI is InChI=1S/C22H26BrNO4/c1-3-4-5-12-27-21(26)18-17-10-11-22(28-17)13-24(20(25)19(18)22)14(2)15-6-8-16(23)9-7-15/h6-11,14,17-19H,3-5,12-13H2,1-2H3/t14-,17-,18-,19+,22+/m1/s1. The van der Waals surface area contributed by atoms with Crippen LogP contribution in [0.3, 0.4) is 0 Å². The summed E-state index contributed by atoms with van der Waals surface area (Å²) in [5, 5.41) is 0. The number of nitrogens with zero attached hydrogens (tertiary/aromatic N) is 1. The van der Waals surface area contributed by atoms with Crippen molar-refractivity contribution in [2.24, 2.45) is 11.8 Å². The Bertz CT molecular complexity index is 792. The Morgan fingerprint density at radius 1 is 1.36 bits per heavy atom. The first-order valence-electron chi connectivity index (χ1n) is 10.1. The largest absolute Gasteiger partial charge is 0.465 e. The van der Waals surface area contributed by atoms with Gasteiger partial charge in [-0.3, -0.25) is 9.59 Å². The summed E-state index contributed by atoms with van der Waals surface area (Å²) < 4.78 is 12.7. The maximum atomic E-state index is 13.3. The van der Waals surface area contributed by atoms with Crippen molar-refractivity contribution >= 4 is 27.8 Å². The Kier molecular flexibility index (Phi) is 5.36. The number of ether oxygens (including phenoxy) is 2. The van der Waals surface area contributed by atoms with E-state index in [1.807, 2.05) is 48.2 Å². The quantitative estimate of drug-likeness (QED) is 0.359. The lowest BCUT2D eigenvalue weighted by molar-refractivity contribution is -0.154. The van der Waals surface area contributed by atoms with Gasteiger partial charge in [0.15, 0.2) is 0 Å². The van der Waals surface area contributed by atoms with E-state index in [-0.39, 0.29) is 24.0 Å². The molecule has 5 nitrogen and oxygen atoms in total. The molecule has 4 rings (SSSR count). The van der Waals surface area contributed by atoms with E-state index in [0.717, 1.165) is 29.3 Å². The molecule has 3 aliphatic rings. The average Bonchev–Trinajstić information content (AvgIpc) is 3.33. The third-order valence-corrected chi connectivity index (χ3v) is 6.74. The molecule has 0 N–H and O–H groups in total. The molecule has 2 bridgehead atoms. The summed E-state index contributed by atoms with van der Waals surface area (Å²) in [5.74, 6) is -1.35.